The van der Waals surface area contributed by atoms with Gasteiger partial charge >= 0.3 is 12.1 Å². The lowest BCUT2D eigenvalue weighted by Crippen LogP contribution is -2.38. The van der Waals surface area contributed by atoms with Crippen LogP contribution in [0, 0.1) is 0 Å². The van der Waals surface area contributed by atoms with Crippen LogP contribution in [0.5, 0.6) is 0 Å². The lowest BCUT2D eigenvalue weighted by atomic mass is 9.96. The van der Waals surface area contributed by atoms with Crippen molar-refractivity contribution >= 4 is 29.8 Å². The number of nitrogens with zero attached hydrogens (tertiary/aromatic N) is 2. The van der Waals surface area contributed by atoms with Gasteiger partial charge in [-0.2, -0.15) is 0 Å². The molecule has 6 nitrogen and oxygen atoms in total. The Morgan fingerprint density at radius 3 is 2.69 bits per heavy atom. The SMILES string of the molecule is CC(C)(C)OC(=O)N1CCc2ccc(Cl)c(/C=C\CCN3CCNC3=O)c2CC1. The molecule has 1 aromatic rings. The summed E-state index contributed by atoms with van der Waals surface area (Å²) < 4.78 is 5.53. The van der Waals surface area contributed by atoms with Crippen LogP contribution in [0.25, 0.3) is 6.08 Å². The number of carbonyl (C=O) groups is 2. The molecule has 2 aliphatic rings. The highest BCUT2D eigenvalue weighted by molar-refractivity contribution is 6.32. The minimum Gasteiger partial charge on any atom is -0.444 e. The molecule has 3 rings (SSSR count). The maximum atomic E-state index is 12.5. The summed E-state index contributed by atoms with van der Waals surface area (Å²) in [5.41, 5.74) is 2.93. The lowest BCUT2D eigenvalue weighted by Gasteiger charge is -2.26. The molecule has 0 bridgehead atoms. The van der Waals surface area contributed by atoms with Crippen molar-refractivity contribution in [2.24, 2.45) is 0 Å². The van der Waals surface area contributed by atoms with Gasteiger partial charge in [-0.15, -0.1) is 0 Å². The van der Waals surface area contributed by atoms with Crippen molar-refractivity contribution in [2.75, 3.05) is 32.7 Å². The van der Waals surface area contributed by atoms with Crippen molar-refractivity contribution in [3.8, 4) is 0 Å². The number of rotatable bonds is 4. The summed E-state index contributed by atoms with van der Waals surface area (Å²) in [5.74, 6) is 0. The Hall–Kier alpha value is -2.21. The van der Waals surface area contributed by atoms with Gasteiger partial charge in [0.2, 0.25) is 0 Å². The van der Waals surface area contributed by atoms with Gasteiger partial charge in [-0.1, -0.05) is 29.8 Å². The summed E-state index contributed by atoms with van der Waals surface area (Å²) >= 11 is 6.50. The smallest absolute Gasteiger partial charge is 0.410 e. The highest BCUT2D eigenvalue weighted by atomic mass is 35.5. The third-order valence-corrected chi connectivity index (χ3v) is 5.46. The Kier molecular flexibility index (Phi) is 6.73. The minimum absolute atomic E-state index is 0.00671. The molecule has 0 spiro atoms. The Balaban J connectivity index is 1.67. The fourth-order valence-corrected chi connectivity index (χ4v) is 3.91. The number of benzene rings is 1. The maximum Gasteiger partial charge on any atom is 0.410 e. The van der Waals surface area contributed by atoms with E-state index in [1.165, 1.54) is 11.1 Å². The predicted octanol–water partition coefficient (Wildman–Crippen LogP) is 4.10. The van der Waals surface area contributed by atoms with E-state index in [2.05, 4.69) is 23.5 Å². The van der Waals surface area contributed by atoms with E-state index >= 15 is 0 Å². The van der Waals surface area contributed by atoms with Crippen LogP contribution in [0.3, 0.4) is 0 Å². The van der Waals surface area contributed by atoms with Crippen molar-refractivity contribution in [1.82, 2.24) is 15.1 Å². The van der Waals surface area contributed by atoms with Crippen LogP contribution in [0.4, 0.5) is 9.59 Å². The molecule has 0 saturated carbocycles. The fraction of sp³-hybridized carbons (Fsp3) is 0.545. The van der Waals surface area contributed by atoms with Crippen molar-refractivity contribution in [1.29, 1.82) is 0 Å². The third-order valence-electron chi connectivity index (χ3n) is 5.13. The summed E-state index contributed by atoms with van der Waals surface area (Å²) in [7, 11) is 0. The third kappa shape index (κ3) is 5.66. The van der Waals surface area contributed by atoms with Crippen LogP contribution < -0.4 is 5.32 Å². The van der Waals surface area contributed by atoms with E-state index in [1.54, 1.807) is 4.90 Å². The zero-order valence-corrected chi connectivity index (χ0v) is 18.2. The number of hydrogen-bond donors (Lipinski definition) is 1. The second-order valence-corrected chi connectivity index (χ2v) is 8.88. The first-order chi connectivity index (χ1) is 13.7. The van der Waals surface area contributed by atoms with Crippen LogP contribution >= 0.6 is 11.6 Å². The van der Waals surface area contributed by atoms with E-state index in [9.17, 15) is 9.59 Å². The van der Waals surface area contributed by atoms with Crippen LogP contribution in [0.2, 0.25) is 5.02 Å². The number of halogens is 1. The quantitative estimate of drug-likeness (QED) is 0.799. The van der Waals surface area contributed by atoms with Crippen molar-refractivity contribution in [3.05, 3.63) is 39.9 Å². The molecule has 2 heterocycles. The van der Waals surface area contributed by atoms with E-state index in [1.807, 2.05) is 31.7 Å². The Morgan fingerprint density at radius 2 is 2.00 bits per heavy atom. The number of hydrogen-bond acceptors (Lipinski definition) is 3. The summed E-state index contributed by atoms with van der Waals surface area (Å²) in [6.07, 6.45) is 6.15. The molecule has 2 aliphatic heterocycles. The highest BCUT2D eigenvalue weighted by Crippen LogP contribution is 2.28. The molecule has 1 saturated heterocycles. The molecule has 0 aromatic heterocycles. The van der Waals surface area contributed by atoms with Crippen molar-refractivity contribution < 1.29 is 14.3 Å². The van der Waals surface area contributed by atoms with Crippen LogP contribution in [-0.2, 0) is 17.6 Å². The average molecular weight is 420 g/mol. The van der Waals surface area contributed by atoms with Crippen LogP contribution in [0.15, 0.2) is 18.2 Å². The Labute approximate surface area is 177 Å². The lowest BCUT2D eigenvalue weighted by molar-refractivity contribution is 0.0258. The molecule has 1 N–H and O–H groups in total. The molecule has 29 heavy (non-hydrogen) atoms. The van der Waals surface area contributed by atoms with Gasteiger partial charge in [0.05, 0.1) is 0 Å². The van der Waals surface area contributed by atoms with E-state index in [0.717, 1.165) is 31.4 Å². The monoisotopic (exact) mass is 419 g/mol. The molecule has 0 aliphatic carbocycles. The predicted molar refractivity (Wildman–Crippen MR) is 115 cm³/mol. The number of nitrogens with one attached hydrogen (secondary N) is 1. The van der Waals surface area contributed by atoms with Gasteiger partial charge in [-0.3, -0.25) is 0 Å². The largest absolute Gasteiger partial charge is 0.444 e. The van der Waals surface area contributed by atoms with Gasteiger partial charge < -0.3 is 19.9 Å². The standard InChI is InChI=1S/C22H30ClN3O3/c1-22(2,3)29-21(28)26-13-9-16-7-8-19(23)18(17(16)10-14-26)6-4-5-12-25-15-11-24-20(25)27/h4,6-8H,5,9-15H2,1-3H3,(H,24,27)/b6-4-. The highest BCUT2D eigenvalue weighted by Gasteiger charge is 2.25. The molecular formula is C22H30ClN3O3. The number of carbonyl (C=O) groups excluding carboxylic acids is 2. The fourth-order valence-electron chi connectivity index (χ4n) is 3.67. The zero-order valence-electron chi connectivity index (χ0n) is 17.5. The number of ether oxygens (including phenoxy) is 1. The molecule has 158 valence electrons. The summed E-state index contributed by atoms with van der Waals surface area (Å²) in [4.78, 5) is 27.7. The van der Waals surface area contributed by atoms with Gasteiger partial charge in [0.25, 0.3) is 0 Å². The molecule has 0 atom stereocenters. The maximum absolute atomic E-state index is 12.5. The Morgan fingerprint density at radius 1 is 1.24 bits per heavy atom. The normalized spacial score (nSPS) is 17.3. The van der Waals surface area contributed by atoms with E-state index in [0.29, 0.717) is 31.2 Å². The van der Waals surface area contributed by atoms with Gasteiger partial charge in [-0.05, 0) is 62.8 Å². The number of amides is 3. The topological polar surface area (TPSA) is 61.9 Å². The van der Waals surface area contributed by atoms with E-state index in [4.69, 9.17) is 16.3 Å². The molecule has 7 heteroatoms. The molecular weight excluding hydrogens is 390 g/mol. The molecule has 0 radical (unpaired) electrons. The van der Waals surface area contributed by atoms with Gasteiger partial charge in [0, 0.05) is 37.7 Å². The zero-order chi connectivity index (χ0) is 21.0. The number of fused-ring (bicyclic) bond motifs is 1. The molecule has 3 amide bonds. The minimum atomic E-state index is -0.500. The molecule has 1 aromatic carbocycles. The molecule has 1 fully saturated rings. The number of urea groups is 1. The summed E-state index contributed by atoms with van der Waals surface area (Å²) in [6.45, 7) is 9.06. The van der Waals surface area contributed by atoms with Gasteiger partial charge in [0.1, 0.15) is 5.60 Å². The average Bonchev–Trinajstić information content (AvgIpc) is 2.92. The van der Waals surface area contributed by atoms with Crippen LogP contribution in [0.1, 0.15) is 43.9 Å². The Bertz CT molecular complexity index is 801. The van der Waals surface area contributed by atoms with Gasteiger partial charge in [-0.25, -0.2) is 9.59 Å². The van der Waals surface area contributed by atoms with E-state index in [-0.39, 0.29) is 12.1 Å². The van der Waals surface area contributed by atoms with E-state index < -0.39 is 5.60 Å². The summed E-state index contributed by atoms with van der Waals surface area (Å²) in [5, 5.41) is 3.52. The first-order valence-corrected chi connectivity index (χ1v) is 10.6. The van der Waals surface area contributed by atoms with Gasteiger partial charge in [0.15, 0.2) is 0 Å². The summed E-state index contributed by atoms with van der Waals surface area (Å²) in [6, 6.07) is 3.99. The second-order valence-electron chi connectivity index (χ2n) is 8.48. The molecule has 0 unspecified atom stereocenters. The van der Waals surface area contributed by atoms with Crippen LogP contribution in [-0.4, -0.2) is 60.2 Å². The second kappa shape index (κ2) is 9.08. The van der Waals surface area contributed by atoms with Crippen molar-refractivity contribution in [2.45, 2.75) is 45.6 Å². The first-order valence-electron chi connectivity index (χ1n) is 10.2. The van der Waals surface area contributed by atoms with Crippen molar-refractivity contribution in [3.63, 3.8) is 0 Å². The first kappa shape index (κ1) is 21.5.